The van der Waals surface area contributed by atoms with Gasteiger partial charge in [0.05, 0.1) is 6.26 Å². The minimum Gasteiger partial charge on any atom is -0.481 e. The lowest BCUT2D eigenvalue weighted by molar-refractivity contribution is -0.139. The van der Waals surface area contributed by atoms with Crippen LogP contribution in [0.4, 0.5) is 0 Å². The van der Waals surface area contributed by atoms with E-state index in [0.29, 0.717) is 37.7 Å². The molecule has 1 aliphatic rings. The Morgan fingerprint density at radius 3 is 2.29 bits per heavy atom. The Morgan fingerprint density at radius 1 is 1.00 bits per heavy atom. The smallest absolute Gasteiger partial charge is 0.289 e. The molecule has 24 heavy (non-hydrogen) atoms. The normalized spacial score (nSPS) is 15.9. The van der Waals surface area contributed by atoms with Crippen molar-refractivity contribution in [2.24, 2.45) is 0 Å². The summed E-state index contributed by atoms with van der Waals surface area (Å²) in [4.78, 5) is 28.1. The van der Waals surface area contributed by atoms with Crippen LogP contribution in [-0.2, 0) is 4.79 Å². The molecule has 6 nitrogen and oxygen atoms in total. The SMILES string of the molecule is CC(Oc1ccccc1)C(=O)N1CCN(C(=O)c2ccco2)CC1. The molecule has 1 aromatic heterocycles. The second-order valence-corrected chi connectivity index (χ2v) is 5.67. The Hall–Kier alpha value is -2.76. The highest BCUT2D eigenvalue weighted by molar-refractivity contribution is 5.91. The van der Waals surface area contributed by atoms with Crippen molar-refractivity contribution in [3.05, 3.63) is 54.5 Å². The van der Waals surface area contributed by atoms with E-state index >= 15 is 0 Å². The molecule has 0 spiro atoms. The minimum absolute atomic E-state index is 0.0658. The van der Waals surface area contributed by atoms with Crippen molar-refractivity contribution >= 4 is 11.8 Å². The first-order valence-electron chi connectivity index (χ1n) is 7.98. The molecule has 6 heteroatoms. The summed E-state index contributed by atoms with van der Waals surface area (Å²) in [5.41, 5.74) is 0. The topological polar surface area (TPSA) is 63.0 Å². The number of nitrogens with zero attached hydrogens (tertiary/aromatic N) is 2. The first-order chi connectivity index (χ1) is 11.6. The lowest BCUT2D eigenvalue weighted by Gasteiger charge is -2.35. The van der Waals surface area contributed by atoms with E-state index in [2.05, 4.69) is 0 Å². The predicted molar refractivity (Wildman–Crippen MR) is 87.7 cm³/mol. The largest absolute Gasteiger partial charge is 0.481 e. The molecule has 1 unspecified atom stereocenters. The third kappa shape index (κ3) is 3.59. The zero-order valence-corrected chi connectivity index (χ0v) is 13.6. The molecule has 1 fully saturated rings. The Bertz CT molecular complexity index is 676. The van der Waals surface area contributed by atoms with Crippen molar-refractivity contribution in [2.45, 2.75) is 13.0 Å². The lowest BCUT2D eigenvalue weighted by Crippen LogP contribution is -2.53. The zero-order chi connectivity index (χ0) is 16.9. The molecule has 3 rings (SSSR count). The molecule has 1 atom stereocenters. The van der Waals surface area contributed by atoms with Crippen LogP contribution in [0.1, 0.15) is 17.5 Å². The third-order valence-electron chi connectivity index (χ3n) is 4.01. The highest BCUT2D eigenvalue weighted by atomic mass is 16.5. The summed E-state index contributed by atoms with van der Waals surface area (Å²) in [6.07, 6.45) is 0.926. The van der Waals surface area contributed by atoms with Crippen LogP contribution in [0.2, 0.25) is 0 Å². The maximum Gasteiger partial charge on any atom is 0.289 e. The number of ether oxygens (including phenoxy) is 1. The van der Waals surface area contributed by atoms with Gasteiger partial charge in [-0.15, -0.1) is 0 Å². The quantitative estimate of drug-likeness (QED) is 0.861. The number of hydrogen-bond acceptors (Lipinski definition) is 4. The number of amides is 2. The second-order valence-electron chi connectivity index (χ2n) is 5.67. The number of rotatable bonds is 4. The molecular formula is C18H20N2O4. The van der Waals surface area contributed by atoms with E-state index in [4.69, 9.17) is 9.15 Å². The van der Waals surface area contributed by atoms with Gasteiger partial charge in [-0.25, -0.2) is 0 Å². The van der Waals surface area contributed by atoms with Crippen molar-refractivity contribution in [3.8, 4) is 5.75 Å². The molecule has 2 heterocycles. The van der Waals surface area contributed by atoms with Crippen LogP contribution < -0.4 is 4.74 Å². The van der Waals surface area contributed by atoms with Gasteiger partial charge in [-0.2, -0.15) is 0 Å². The van der Waals surface area contributed by atoms with E-state index in [1.165, 1.54) is 6.26 Å². The van der Waals surface area contributed by atoms with Crippen LogP contribution in [0, 0.1) is 0 Å². The van der Waals surface area contributed by atoms with Gasteiger partial charge in [0.1, 0.15) is 5.75 Å². The predicted octanol–water partition coefficient (Wildman–Crippen LogP) is 2.03. The molecule has 0 N–H and O–H groups in total. The van der Waals surface area contributed by atoms with Crippen LogP contribution >= 0.6 is 0 Å². The molecule has 1 aromatic carbocycles. The molecule has 1 aliphatic heterocycles. The highest BCUT2D eigenvalue weighted by Crippen LogP contribution is 2.14. The Kier molecular flexibility index (Phi) is 4.84. The average molecular weight is 328 g/mol. The van der Waals surface area contributed by atoms with Gasteiger partial charge in [-0.1, -0.05) is 18.2 Å². The highest BCUT2D eigenvalue weighted by Gasteiger charge is 2.28. The summed E-state index contributed by atoms with van der Waals surface area (Å²) >= 11 is 0. The number of benzene rings is 1. The van der Waals surface area contributed by atoms with Gasteiger partial charge in [0.25, 0.3) is 11.8 Å². The molecule has 0 aliphatic carbocycles. The van der Waals surface area contributed by atoms with Crippen molar-refractivity contribution in [1.29, 1.82) is 0 Å². The van der Waals surface area contributed by atoms with Crippen LogP contribution in [0.15, 0.2) is 53.1 Å². The summed E-state index contributed by atoms with van der Waals surface area (Å²) < 4.78 is 10.8. The Morgan fingerprint density at radius 2 is 1.67 bits per heavy atom. The number of hydrogen-bond donors (Lipinski definition) is 0. The summed E-state index contributed by atoms with van der Waals surface area (Å²) in [5, 5.41) is 0. The maximum absolute atomic E-state index is 12.5. The minimum atomic E-state index is -0.556. The number of carbonyl (C=O) groups excluding carboxylic acids is 2. The van der Waals surface area contributed by atoms with Crippen LogP contribution in [-0.4, -0.2) is 53.9 Å². The van der Waals surface area contributed by atoms with Gasteiger partial charge < -0.3 is 19.0 Å². The maximum atomic E-state index is 12.5. The van der Waals surface area contributed by atoms with Gasteiger partial charge in [0.15, 0.2) is 11.9 Å². The summed E-state index contributed by atoms with van der Waals surface area (Å²) in [7, 11) is 0. The molecule has 2 amide bonds. The number of piperazine rings is 1. The van der Waals surface area contributed by atoms with Gasteiger partial charge in [0.2, 0.25) is 0 Å². The Balaban J connectivity index is 1.52. The van der Waals surface area contributed by atoms with Crippen LogP contribution in [0.5, 0.6) is 5.75 Å². The molecular weight excluding hydrogens is 308 g/mol. The number of para-hydroxylation sites is 1. The monoisotopic (exact) mass is 328 g/mol. The summed E-state index contributed by atoms with van der Waals surface area (Å²) in [6.45, 7) is 3.71. The van der Waals surface area contributed by atoms with Crippen LogP contribution in [0.25, 0.3) is 0 Å². The molecule has 0 saturated carbocycles. The molecule has 0 radical (unpaired) electrons. The summed E-state index contributed by atoms with van der Waals surface area (Å²) in [6, 6.07) is 12.6. The van der Waals surface area contributed by atoms with E-state index in [0.717, 1.165) is 0 Å². The van der Waals surface area contributed by atoms with E-state index in [1.807, 2.05) is 30.3 Å². The average Bonchev–Trinajstić information content (AvgIpc) is 3.16. The van der Waals surface area contributed by atoms with Gasteiger partial charge in [0, 0.05) is 26.2 Å². The van der Waals surface area contributed by atoms with Gasteiger partial charge >= 0.3 is 0 Å². The van der Waals surface area contributed by atoms with E-state index in [1.54, 1.807) is 28.9 Å². The van der Waals surface area contributed by atoms with E-state index < -0.39 is 6.10 Å². The molecule has 0 bridgehead atoms. The third-order valence-corrected chi connectivity index (χ3v) is 4.01. The van der Waals surface area contributed by atoms with Gasteiger partial charge in [-0.3, -0.25) is 9.59 Å². The fraction of sp³-hybridized carbons (Fsp3) is 0.333. The van der Waals surface area contributed by atoms with Crippen molar-refractivity contribution in [1.82, 2.24) is 9.80 Å². The standard InChI is InChI=1S/C18H20N2O4/c1-14(24-15-6-3-2-4-7-15)17(21)19-9-11-20(12-10-19)18(22)16-8-5-13-23-16/h2-8,13-14H,9-12H2,1H3. The van der Waals surface area contributed by atoms with Gasteiger partial charge in [-0.05, 0) is 31.2 Å². The van der Waals surface area contributed by atoms with Crippen LogP contribution in [0.3, 0.4) is 0 Å². The second kappa shape index (κ2) is 7.21. The summed E-state index contributed by atoms with van der Waals surface area (Å²) in [5.74, 6) is 0.796. The molecule has 1 saturated heterocycles. The zero-order valence-electron chi connectivity index (χ0n) is 13.6. The first kappa shape index (κ1) is 16.1. The molecule has 126 valence electrons. The van der Waals surface area contributed by atoms with E-state index in [9.17, 15) is 9.59 Å². The van der Waals surface area contributed by atoms with Crippen molar-refractivity contribution in [2.75, 3.05) is 26.2 Å². The lowest BCUT2D eigenvalue weighted by atomic mass is 10.2. The van der Waals surface area contributed by atoms with Crippen molar-refractivity contribution in [3.63, 3.8) is 0 Å². The molecule has 2 aromatic rings. The number of furan rings is 1. The fourth-order valence-corrected chi connectivity index (χ4v) is 2.70. The van der Waals surface area contributed by atoms with E-state index in [-0.39, 0.29) is 11.8 Å². The Labute approximate surface area is 140 Å². The first-order valence-corrected chi connectivity index (χ1v) is 7.98. The number of carbonyl (C=O) groups is 2. The fourth-order valence-electron chi connectivity index (χ4n) is 2.70. The van der Waals surface area contributed by atoms with Crippen molar-refractivity contribution < 1.29 is 18.7 Å².